The standard InChI is InChI=1S/C39H55NO5/c1-24-13-16-35(3)19-20-37(5)27(33(35)25(24)2)21-28(41)34-38(37,6)18-14-29-36(4,22-31(42)43)17-15-30(39(29,34)7)45-32(44)23-40-26-11-9-8-10-12-26/h8-12,21,24-25,29-30,33-34,40H,13-20,22-23H2,1-7H3,(H,42,43)/t24-,25+,29+,30?,33+,34+,35-,36?,37-,38-,39-/m1/s1. The average Bonchev–Trinajstić information content (AvgIpc) is 2.97. The van der Waals surface area contributed by atoms with E-state index in [1.165, 1.54) is 24.8 Å². The van der Waals surface area contributed by atoms with Crippen molar-refractivity contribution < 1.29 is 24.2 Å². The number of para-hydroxylation sites is 1. The molecule has 4 fully saturated rings. The lowest BCUT2D eigenvalue weighted by Gasteiger charge is -2.71. The van der Waals surface area contributed by atoms with Crippen molar-refractivity contribution in [1.29, 1.82) is 0 Å². The molecule has 0 radical (unpaired) electrons. The van der Waals surface area contributed by atoms with Crippen molar-refractivity contribution in [3.63, 3.8) is 0 Å². The largest absolute Gasteiger partial charge is 0.481 e. The first-order chi connectivity index (χ1) is 21.1. The summed E-state index contributed by atoms with van der Waals surface area (Å²) in [6.07, 6.45) is 9.32. The van der Waals surface area contributed by atoms with Gasteiger partial charge in [0.25, 0.3) is 0 Å². The zero-order valence-corrected chi connectivity index (χ0v) is 28.6. The van der Waals surface area contributed by atoms with Gasteiger partial charge in [-0.15, -0.1) is 0 Å². The molecular weight excluding hydrogens is 562 g/mol. The Kier molecular flexibility index (Phi) is 7.88. The Morgan fingerprint density at radius 3 is 2.33 bits per heavy atom. The van der Waals surface area contributed by atoms with E-state index in [9.17, 15) is 19.5 Å². The molecule has 0 aromatic heterocycles. The molecule has 0 saturated heterocycles. The summed E-state index contributed by atoms with van der Waals surface area (Å²) in [5.41, 5.74) is 0.852. The molecule has 2 N–H and O–H groups in total. The molecule has 246 valence electrons. The topological polar surface area (TPSA) is 92.7 Å². The highest BCUT2D eigenvalue weighted by atomic mass is 16.5. The third-order valence-electron chi connectivity index (χ3n) is 14.9. The van der Waals surface area contributed by atoms with E-state index in [0.717, 1.165) is 24.9 Å². The smallest absolute Gasteiger partial charge is 0.325 e. The van der Waals surface area contributed by atoms with Crippen LogP contribution < -0.4 is 5.32 Å². The fraction of sp³-hybridized carbons (Fsp3) is 0.718. The van der Waals surface area contributed by atoms with E-state index in [4.69, 9.17) is 4.74 Å². The minimum Gasteiger partial charge on any atom is -0.481 e. The summed E-state index contributed by atoms with van der Waals surface area (Å²) in [6.45, 7) is 16.4. The first kappa shape index (κ1) is 32.3. The Hall–Kier alpha value is -2.63. The third kappa shape index (κ3) is 4.82. The van der Waals surface area contributed by atoms with Crippen LogP contribution in [0.1, 0.15) is 106 Å². The molecule has 0 spiro atoms. The lowest BCUT2D eigenvalue weighted by molar-refractivity contribution is -0.229. The van der Waals surface area contributed by atoms with Gasteiger partial charge in [0.15, 0.2) is 5.78 Å². The zero-order chi connectivity index (χ0) is 32.6. The second-order valence-electron chi connectivity index (χ2n) is 17.1. The number of carbonyl (C=O) groups is 3. The van der Waals surface area contributed by atoms with Crippen LogP contribution in [0.25, 0.3) is 0 Å². The number of anilines is 1. The predicted octanol–water partition coefficient (Wildman–Crippen LogP) is 8.32. The van der Waals surface area contributed by atoms with Gasteiger partial charge in [0.2, 0.25) is 0 Å². The van der Waals surface area contributed by atoms with Crippen molar-refractivity contribution in [2.75, 3.05) is 11.9 Å². The van der Waals surface area contributed by atoms with Crippen molar-refractivity contribution in [1.82, 2.24) is 0 Å². The van der Waals surface area contributed by atoms with Crippen molar-refractivity contribution in [3.05, 3.63) is 42.0 Å². The number of hydrogen-bond acceptors (Lipinski definition) is 5. The highest BCUT2D eigenvalue weighted by molar-refractivity contribution is 5.96. The number of esters is 1. The summed E-state index contributed by atoms with van der Waals surface area (Å²) >= 11 is 0. The monoisotopic (exact) mass is 617 g/mol. The van der Waals surface area contributed by atoms with Gasteiger partial charge in [-0.2, -0.15) is 0 Å². The number of fused-ring (bicyclic) bond motifs is 7. The normalized spacial score (nSPS) is 45.6. The third-order valence-corrected chi connectivity index (χ3v) is 14.9. The van der Waals surface area contributed by atoms with Gasteiger partial charge in [-0.25, -0.2) is 0 Å². The minimum atomic E-state index is -0.799. The van der Waals surface area contributed by atoms with E-state index >= 15 is 0 Å². The van der Waals surface area contributed by atoms with Crippen LogP contribution in [0.3, 0.4) is 0 Å². The number of benzene rings is 1. The Labute approximate surface area is 270 Å². The minimum absolute atomic E-state index is 0.0433. The molecule has 2 unspecified atom stereocenters. The van der Waals surface area contributed by atoms with Crippen molar-refractivity contribution >= 4 is 23.4 Å². The zero-order valence-electron chi connectivity index (χ0n) is 28.6. The highest BCUT2D eigenvalue weighted by Gasteiger charge is 2.72. The Morgan fingerprint density at radius 1 is 0.933 bits per heavy atom. The van der Waals surface area contributed by atoms with Crippen LogP contribution in [0.15, 0.2) is 42.0 Å². The molecule has 6 nitrogen and oxygen atoms in total. The number of hydrogen-bond donors (Lipinski definition) is 2. The summed E-state index contributed by atoms with van der Waals surface area (Å²) in [5, 5.41) is 13.2. The summed E-state index contributed by atoms with van der Waals surface area (Å²) in [7, 11) is 0. The lowest BCUT2D eigenvalue weighted by atomic mass is 9.33. The molecule has 1 aromatic rings. The molecule has 5 aliphatic carbocycles. The predicted molar refractivity (Wildman–Crippen MR) is 176 cm³/mol. The number of carbonyl (C=O) groups excluding carboxylic acids is 2. The fourth-order valence-corrected chi connectivity index (χ4v) is 12.1. The summed E-state index contributed by atoms with van der Waals surface area (Å²) in [4.78, 5) is 40.6. The highest BCUT2D eigenvalue weighted by Crippen LogP contribution is 2.75. The maximum atomic E-state index is 14.9. The second kappa shape index (κ2) is 11.0. The summed E-state index contributed by atoms with van der Waals surface area (Å²) < 4.78 is 6.41. The molecule has 45 heavy (non-hydrogen) atoms. The van der Waals surface area contributed by atoms with E-state index < -0.39 is 22.9 Å². The molecule has 6 heteroatoms. The van der Waals surface area contributed by atoms with Crippen LogP contribution in [0, 0.1) is 56.7 Å². The summed E-state index contributed by atoms with van der Waals surface area (Å²) in [5.74, 6) is 0.207. The number of rotatable bonds is 6. The van der Waals surface area contributed by atoms with Gasteiger partial charge in [-0.05, 0) is 115 Å². The molecule has 4 saturated carbocycles. The molecule has 5 aliphatic rings. The van der Waals surface area contributed by atoms with E-state index in [1.807, 2.05) is 30.3 Å². The Bertz CT molecular complexity index is 1390. The second-order valence-corrected chi connectivity index (χ2v) is 17.1. The maximum absolute atomic E-state index is 14.9. The Balaban J connectivity index is 1.40. The van der Waals surface area contributed by atoms with Gasteiger partial charge < -0.3 is 15.2 Å². The van der Waals surface area contributed by atoms with Crippen molar-refractivity contribution in [2.45, 2.75) is 112 Å². The van der Waals surface area contributed by atoms with Crippen LogP contribution in [-0.2, 0) is 19.1 Å². The van der Waals surface area contributed by atoms with E-state index in [1.54, 1.807) is 0 Å². The number of nitrogens with one attached hydrogen (secondary N) is 1. The number of carboxylic acid groups (broad SMARTS) is 1. The molecule has 0 aliphatic heterocycles. The van der Waals surface area contributed by atoms with E-state index in [2.05, 4.69) is 59.9 Å². The van der Waals surface area contributed by atoms with E-state index in [0.29, 0.717) is 30.6 Å². The first-order valence-electron chi connectivity index (χ1n) is 17.6. The van der Waals surface area contributed by atoms with Crippen molar-refractivity contribution in [2.24, 2.45) is 56.7 Å². The number of allylic oxidation sites excluding steroid dienone is 2. The molecule has 0 bridgehead atoms. The van der Waals surface area contributed by atoms with Crippen LogP contribution in [-0.4, -0.2) is 35.5 Å². The molecule has 6 rings (SSSR count). The first-order valence-corrected chi connectivity index (χ1v) is 17.6. The average molecular weight is 618 g/mol. The Morgan fingerprint density at radius 2 is 1.64 bits per heavy atom. The van der Waals surface area contributed by atoms with Crippen LogP contribution in [0.2, 0.25) is 0 Å². The SMILES string of the molecule is C[C@H]1[C@H](C)CC[C@]2(C)CC[C@]3(C)C(=CC(=O)[C@@H]4[C@@]5(C)C(OC(=O)CNc6ccccc6)CCC(C)(CC(=O)O)[C@@H]5CC[C@]43C)[C@H]12. The maximum Gasteiger partial charge on any atom is 0.325 e. The van der Waals surface area contributed by atoms with E-state index in [-0.39, 0.29) is 52.8 Å². The van der Waals surface area contributed by atoms with Gasteiger partial charge in [0, 0.05) is 17.0 Å². The van der Waals surface area contributed by atoms with Gasteiger partial charge >= 0.3 is 11.9 Å². The molecule has 1 aromatic carbocycles. The molecule has 0 heterocycles. The van der Waals surface area contributed by atoms with Crippen molar-refractivity contribution in [3.8, 4) is 0 Å². The quantitative estimate of drug-likeness (QED) is 0.312. The number of aliphatic carboxylic acids is 1. The summed E-state index contributed by atoms with van der Waals surface area (Å²) in [6, 6.07) is 9.62. The van der Waals surface area contributed by atoms with Gasteiger partial charge in [0.05, 0.1) is 6.42 Å². The van der Waals surface area contributed by atoms with Crippen LogP contribution >= 0.6 is 0 Å². The molecule has 11 atom stereocenters. The molecular formula is C39H55NO5. The van der Waals surface area contributed by atoms with Gasteiger partial charge in [0.1, 0.15) is 12.6 Å². The fourth-order valence-electron chi connectivity index (χ4n) is 12.1. The van der Waals surface area contributed by atoms with Crippen LogP contribution in [0.5, 0.6) is 0 Å². The number of ether oxygens (including phenoxy) is 1. The van der Waals surface area contributed by atoms with Gasteiger partial charge in [-0.1, -0.05) is 72.2 Å². The van der Waals surface area contributed by atoms with Gasteiger partial charge in [-0.3, -0.25) is 14.4 Å². The molecule has 0 amide bonds. The van der Waals surface area contributed by atoms with Crippen LogP contribution in [0.4, 0.5) is 5.69 Å². The number of ketones is 1. The lowest BCUT2D eigenvalue weighted by Crippen LogP contribution is -2.69. The number of carboxylic acids is 1.